The average Bonchev–Trinajstić information content (AvgIpc) is 2.48. The summed E-state index contributed by atoms with van der Waals surface area (Å²) in [4.78, 5) is 11.9. The molecule has 0 heterocycles. The van der Waals surface area contributed by atoms with Crippen LogP contribution in [0.5, 0.6) is 0 Å². The Balaban J connectivity index is 2.75. The largest absolute Gasteiger partial charge is 0.355 e. The molecule has 0 bridgehead atoms. The van der Waals surface area contributed by atoms with Gasteiger partial charge in [-0.2, -0.15) is 0 Å². The van der Waals surface area contributed by atoms with E-state index in [0.29, 0.717) is 12.2 Å². The second kappa shape index (κ2) is 8.78. The molecule has 0 aliphatic carbocycles. The van der Waals surface area contributed by atoms with Gasteiger partial charge in [0.1, 0.15) is 6.54 Å². The molecule has 1 rings (SSSR count). The topological polar surface area (TPSA) is 66.5 Å². The van der Waals surface area contributed by atoms with Gasteiger partial charge in [-0.15, -0.1) is 0 Å². The van der Waals surface area contributed by atoms with Crippen LogP contribution in [0.1, 0.15) is 38.7 Å². The van der Waals surface area contributed by atoms with E-state index in [1.54, 1.807) is 12.1 Å². The first-order valence-electron chi connectivity index (χ1n) is 7.71. The molecule has 0 unspecified atom stereocenters. The van der Waals surface area contributed by atoms with Gasteiger partial charge in [-0.1, -0.05) is 38.8 Å². The van der Waals surface area contributed by atoms with Gasteiger partial charge in [0, 0.05) is 6.54 Å². The smallest absolute Gasteiger partial charge is 0.240 e. The molecule has 0 spiro atoms. The molecule has 0 fully saturated rings. The molecule has 0 atom stereocenters. The maximum atomic E-state index is 11.9. The lowest BCUT2D eigenvalue weighted by molar-refractivity contribution is -0.119. The van der Waals surface area contributed by atoms with Gasteiger partial charge < -0.3 is 5.32 Å². The Morgan fingerprint density at radius 2 is 1.77 bits per heavy atom. The Morgan fingerprint density at radius 1 is 1.14 bits per heavy atom. The highest BCUT2D eigenvalue weighted by atomic mass is 32.2. The van der Waals surface area contributed by atoms with Gasteiger partial charge in [-0.05, 0) is 30.5 Å². The van der Waals surface area contributed by atoms with Crippen LogP contribution in [-0.2, 0) is 21.2 Å². The minimum atomic E-state index is -3.50. The number of sulfonamides is 1. The van der Waals surface area contributed by atoms with E-state index in [4.69, 9.17) is 0 Å². The lowest BCUT2D eigenvalue weighted by atomic mass is 10.1. The minimum Gasteiger partial charge on any atom is -0.355 e. The zero-order valence-corrected chi connectivity index (χ0v) is 14.4. The van der Waals surface area contributed by atoms with Crippen molar-refractivity contribution in [3.05, 3.63) is 29.8 Å². The van der Waals surface area contributed by atoms with Crippen molar-refractivity contribution in [2.24, 2.45) is 0 Å². The number of hydrogen-bond acceptors (Lipinski definition) is 3. The van der Waals surface area contributed by atoms with Gasteiger partial charge in [-0.3, -0.25) is 9.10 Å². The number of amides is 1. The van der Waals surface area contributed by atoms with Crippen LogP contribution in [0.15, 0.2) is 24.3 Å². The van der Waals surface area contributed by atoms with E-state index in [0.717, 1.165) is 41.8 Å². The van der Waals surface area contributed by atoms with Crippen LogP contribution in [-0.4, -0.2) is 33.7 Å². The normalized spacial score (nSPS) is 11.2. The van der Waals surface area contributed by atoms with E-state index in [1.807, 2.05) is 19.1 Å². The second-order valence-corrected chi connectivity index (χ2v) is 7.25. The molecule has 1 aromatic carbocycles. The number of hydrogen-bond donors (Lipinski definition) is 1. The van der Waals surface area contributed by atoms with Crippen LogP contribution in [0.4, 0.5) is 5.69 Å². The fourth-order valence-corrected chi connectivity index (χ4v) is 2.94. The number of rotatable bonds is 9. The monoisotopic (exact) mass is 326 g/mol. The highest BCUT2D eigenvalue weighted by molar-refractivity contribution is 7.92. The van der Waals surface area contributed by atoms with Gasteiger partial charge in [0.2, 0.25) is 15.9 Å². The van der Waals surface area contributed by atoms with Gasteiger partial charge in [-0.25, -0.2) is 8.42 Å². The standard InChI is InChI=1S/C16H26N2O3S/c1-4-6-7-12-17-16(19)13-18(22(3,20)21)15-10-8-14(5-2)9-11-15/h8-11H,4-7,12-13H2,1-3H3,(H,17,19). The molecule has 0 radical (unpaired) electrons. The van der Waals surface area contributed by atoms with E-state index in [9.17, 15) is 13.2 Å². The predicted octanol–water partition coefficient (Wildman–Crippen LogP) is 2.32. The van der Waals surface area contributed by atoms with Gasteiger partial charge >= 0.3 is 0 Å². The second-order valence-electron chi connectivity index (χ2n) is 5.35. The summed E-state index contributed by atoms with van der Waals surface area (Å²) < 4.78 is 25.0. The summed E-state index contributed by atoms with van der Waals surface area (Å²) in [6, 6.07) is 7.24. The third-order valence-electron chi connectivity index (χ3n) is 3.42. The van der Waals surface area contributed by atoms with Gasteiger partial charge in [0.15, 0.2) is 0 Å². The van der Waals surface area contributed by atoms with Crippen molar-refractivity contribution in [3.63, 3.8) is 0 Å². The van der Waals surface area contributed by atoms with Crippen molar-refractivity contribution in [2.45, 2.75) is 39.5 Å². The molecule has 0 saturated heterocycles. The zero-order valence-electron chi connectivity index (χ0n) is 13.6. The zero-order chi connectivity index (χ0) is 16.6. The third-order valence-corrected chi connectivity index (χ3v) is 4.56. The summed E-state index contributed by atoms with van der Waals surface area (Å²) >= 11 is 0. The Kier molecular flexibility index (Phi) is 7.38. The van der Waals surface area contributed by atoms with Crippen molar-refractivity contribution in [1.29, 1.82) is 0 Å². The number of aryl methyl sites for hydroxylation is 1. The molecular formula is C16H26N2O3S. The first-order valence-corrected chi connectivity index (χ1v) is 9.56. The Bertz CT molecular complexity index is 568. The third kappa shape index (κ3) is 6.05. The van der Waals surface area contributed by atoms with Crippen LogP contribution in [0.2, 0.25) is 0 Å². The molecule has 1 N–H and O–H groups in total. The number of nitrogens with one attached hydrogen (secondary N) is 1. The van der Waals surface area contributed by atoms with E-state index in [1.165, 1.54) is 0 Å². The quantitative estimate of drug-likeness (QED) is 0.708. The van der Waals surface area contributed by atoms with Crippen molar-refractivity contribution in [3.8, 4) is 0 Å². The highest BCUT2D eigenvalue weighted by Crippen LogP contribution is 2.18. The fraction of sp³-hybridized carbons (Fsp3) is 0.562. The Morgan fingerprint density at radius 3 is 2.27 bits per heavy atom. The summed E-state index contributed by atoms with van der Waals surface area (Å²) in [5.74, 6) is -0.277. The first kappa shape index (κ1) is 18.5. The number of benzene rings is 1. The van der Waals surface area contributed by atoms with Crippen LogP contribution < -0.4 is 9.62 Å². The van der Waals surface area contributed by atoms with Crippen molar-refractivity contribution in [1.82, 2.24) is 5.32 Å². The van der Waals surface area contributed by atoms with E-state index in [2.05, 4.69) is 12.2 Å². The van der Waals surface area contributed by atoms with Crippen LogP contribution >= 0.6 is 0 Å². The fourth-order valence-electron chi connectivity index (χ4n) is 2.09. The number of anilines is 1. The summed E-state index contributed by atoms with van der Waals surface area (Å²) in [6.07, 6.45) is 5.04. The maximum Gasteiger partial charge on any atom is 0.240 e. The summed E-state index contributed by atoms with van der Waals surface area (Å²) in [5, 5.41) is 2.77. The molecule has 0 aromatic heterocycles. The average molecular weight is 326 g/mol. The van der Waals surface area contributed by atoms with Crippen LogP contribution in [0.3, 0.4) is 0 Å². The first-order chi connectivity index (χ1) is 10.4. The predicted molar refractivity (Wildman–Crippen MR) is 90.5 cm³/mol. The van der Waals surface area contributed by atoms with E-state index in [-0.39, 0.29) is 12.5 Å². The van der Waals surface area contributed by atoms with Crippen LogP contribution in [0.25, 0.3) is 0 Å². The van der Waals surface area contributed by atoms with E-state index >= 15 is 0 Å². The SMILES string of the molecule is CCCCCNC(=O)CN(c1ccc(CC)cc1)S(C)(=O)=O. The van der Waals surface area contributed by atoms with E-state index < -0.39 is 10.0 Å². The molecule has 0 aliphatic rings. The molecule has 22 heavy (non-hydrogen) atoms. The summed E-state index contributed by atoms with van der Waals surface area (Å²) in [7, 11) is -3.50. The Hall–Kier alpha value is -1.56. The minimum absolute atomic E-state index is 0.184. The summed E-state index contributed by atoms with van der Waals surface area (Å²) in [6.45, 7) is 4.52. The molecule has 1 aromatic rings. The summed E-state index contributed by atoms with van der Waals surface area (Å²) in [5.41, 5.74) is 1.64. The molecule has 1 amide bonds. The highest BCUT2D eigenvalue weighted by Gasteiger charge is 2.20. The molecule has 0 aliphatic heterocycles. The number of carbonyl (C=O) groups excluding carboxylic acids is 1. The van der Waals surface area contributed by atoms with Crippen molar-refractivity contribution < 1.29 is 13.2 Å². The van der Waals surface area contributed by atoms with Gasteiger partial charge in [0.05, 0.1) is 11.9 Å². The van der Waals surface area contributed by atoms with Gasteiger partial charge in [0.25, 0.3) is 0 Å². The van der Waals surface area contributed by atoms with Crippen LogP contribution in [0, 0.1) is 0 Å². The molecule has 0 saturated carbocycles. The Labute approximate surface area is 133 Å². The lowest BCUT2D eigenvalue weighted by Gasteiger charge is -2.22. The lowest BCUT2D eigenvalue weighted by Crippen LogP contribution is -2.40. The molecular weight excluding hydrogens is 300 g/mol. The van der Waals surface area contributed by atoms with Crippen molar-refractivity contribution in [2.75, 3.05) is 23.7 Å². The number of carbonyl (C=O) groups is 1. The van der Waals surface area contributed by atoms with Crippen molar-refractivity contribution >= 4 is 21.6 Å². The maximum absolute atomic E-state index is 11.9. The molecule has 5 nitrogen and oxygen atoms in total. The molecule has 6 heteroatoms. The number of nitrogens with zero attached hydrogens (tertiary/aromatic N) is 1. The number of unbranched alkanes of at least 4 members (excludes halogenated alkanes) is 2. The molecule has 124 valence electrons.